The molecular weight excluding hydrogens is 282 g/mol. The Morgan fingerprint density at radius 3 is 2.55 bits per heavy atom. The van der Waals surface area contributed by atoms with Crippen LogP contribution in [0.15, 0.2) is 6.07 Å². The lowest BCUT2D eigenvalue weighted by Crippen LogP contribution is -2.37. The van der Waals surface area contributed by atoms with Gasteiger partial charge in [-0.1, -0.05) is 11.6 Å². The number of rotatable bonds is 3. The lowest BCUT2D eigenvalue weighted by molar-refractivity contribution is 0.0237. The van der Waals surface area contributed by atoms with E-state index in [1.54, 1.807) is 6.07 Å². The van der Waals surface area contributed by atoms with Crippen molar-refractivity contribution in [1.29, 1.82) is 0 Å². The van der Waals surface area contributed by atoms with E-state index in [2.05, 4.69) is 14.9 Å². The van der Waals surface area contributed by atoms with E-state index in [4.69, 9.17) is 25.8 Å². The van der Waals surface area contributed by atoms with E-state index in [0.29, 0.717) is 30.2 Å². The Kier molecular flexibility index (Phi) is 4.54. The highest BCUT2D eigenvalue weighted by Crippen LogP contribution is 2.22. The van der Waals surface area contributed by atoms with Crippen LogP contribution < -0.4 is 9.64 Å². The van der Waals surface area contributed by atoms with Crippen LogP contribution in [-0.4, -0.2) is 55.6 Å². The first-order valence-electron chi connectivity index (χ1n) is 6.93. The second kappa shape index (κ2) is 6.56. The summed E-state index contributed by atoms with van der Waals surface area (Å²) < 4.78 is 16.5. The van der Waals surface area contributed by atoms with Gasteiger partial charge in [-0.2, -0.15) is 4.98 Å². The fraction of sp³-hybridized carbons (Fsp3) is 0.692. The Bertz CT molecular complexity index is 448. The van der Waals surface area contributed by atoms with Crippen LogP contribution in [0.4, 0.5) is 5.95 Å². The van der Waals surface area contributed by atoms with E-state index < -0.39 is 0 Å². The first-order valence-corrected chi connectivity index (χ1v) is 7.31. The first-order chi connectivity index (χ1) is 9.81. The van der Waals surface area contributed by atoms with Crippen molar-refractivity contribution in [2.45, 2.75) is 18.9 Å². The molecule has 6 nitrogen and oxygen atoms in total. The molecule has 0 unspecified atom stereocenters. The van der Waals surface area contributed by atoms with Gasteiger partial charge in [-0.15, -0.1) is 0 Å². The zero-order chi connectivity index (χ0) is 13.8. The summed E-state index contributed by atoms with van der Waals surface area (Å²) in [5.74, 6) is 1.15. The molecule has 0 aliphatic carbocycles. The van der Waals surface area contributed by atoms with Crippen LogP contribution in [0.3, 0.4) is 0 Å². The fourth-order valence-electron chi connectivity index (χ4n) is 2.32. The van der Waals surface area contributed by atoms with Crippen LogP contribution in [0.5, 0.6) is 5.88 Å². The summed E-state index contributed by atoms with van der Waals surface area (Å²) in [5, 5.41) is 0.406. The molecule has 0 atom stereocenters. The maximum atomic E-state index is 6.07. The molecule has 110 valence electrons. The zero-order valence-electron chi connectivity index (χ0n) is 11.3. The molecule has 7 heteroatoms. The Labute approximate surface area is 123 Å². The summed E-state index contributed by atoms with van der Waals surface area (Å²) in [6.45, 7) is 4.39. The molecule has 1 aromatic heterocycles. The molecule has 0 saturated carbocycles. The quantitative estimate of drug-likeness (QED) is 0.789. The van der Waals surface area contributed by atoms with E-state index in [0.717, 1.165) is 39.1 Å². The van der Waals surface area contributed by atoms with Crippen molar-refractivity contribution in [1.82, 2.24) is 9.97 Å². The van der Waals surface area contributed by atoms with E-state index in [9.17, 15) is 0 Å². The molecule has 0 N–H and O–H groups in total. The molecule has 0 spiro atoms. The van der Waals surface area contributed by atoms with Crippen LogP contribution in [-0.2, 0) is 9.47 Å². The van der Waals surface area contributed by atoms with Crippen LogP contribution in [0, 0.1) is 0 Å². The number of hydrogen-bond acceptors (Lipinski definition) is 6. The average molecular weight is 300 g/mol. The van der Waals surface area contributed by atoms with Crippen LogP contribution in [0.1, 0.15) is 12.8 Å². The predicted octanol–water partition coefficient (Wildman–Crippen LogP) is 1.52. The van der Waals surface area contributed by atoms with E-state index >= 15 is 0 Å². The van der Waals surface area contributed by atoms with Crippen molar-refractivity contribution >= 4 is 17.5 Å². The molecule has 0 radical (unpaired) electrons. The average Bonchev–Trinajstić information content (AvgIpc) is 2.49. The van der Waals surface area contributed by atoms with Crippen LogP contribution in [0.25, 0.3) is 0 Å². The third-order valence-electron chi connectivity index (χ3n) is 3.41. The van der Waals surface area contributed by atoms with E-state index in [-0.39, 0.29) is 6.10 Å². The number of nitrogens with zero attached hydrogens (tertiary/aromatic N) is 3. The lowest BCUT2D eigenvalue weighted by atomic mass is 10.2. The maximum absolute atomic E-state index is 6.07. The van der Waals surface area contributed by atoms with Gasteiger partial charge in [0.2, 0.25) is 11.8 Å². The van der Waals surface area contributed by atoms with Gasteiger partial charge in [0.05, 0.1) is 26.4 Å². The summed E-state index contributed by atoms with van der Waals surface area (Å²) in [6, 6.07) is 1.67. The van der Waals surface area contributed by atoms with Gasteiger partial charge >= 0.3 is 0 Å². The Morgan fingerprint density at radius 1 is 1.10 bits per heavy atom. The number of halogens is 1. The van der Waals surface area contributed by atoms with Crippen molar-refractivity contribution in [3.63, 3.8) is 0 Å². The monoisotopic (exact) mass is 299 g/mol. The minimum Gasteiger partial charge on any atom is -0.474 e. The molecule has 0 amide bonds. The smallest absolute Gasteiger partial charge is 0.230 e. The molecule has 0 aromatic carbocycles. The van der Waals surface area contributed by atoms with Crippen molar-refractivity contribution < 1.29 is 14.2 Å². The Balaban J connectivity index is 1.71. The van der Waals surface area contributed by atoms with Gasteiger partial charge in [-0.3, -0.25) is 0 Å². The van der Waals surface area contributed by atoms with Crippen LogP contribution >= 0.6 is 11.6 Å². The summed E-state index contributed by atoms with van der Waals surface area (Å²) in [7, 11) is 0. The zero-order valence-corrected chi connectivity index (χ0v) is 12.0. The summed E-state index contributed by atoms with van der Waals surface area (Å²) in [4.78, 5) is 10.8. The second-order valence-electron chi connectivity index (χ2n) is 4.86. The first kappa shape index (κ1) is 13.9. The second-order valence-corrected chi connectivity index (χ2v) is 5.25. The number of aromatic nitrogens is 2. The molecule has 2 fully saturated rings. The number of ether oxygens (including phenoxy) is 3. The van der Waals surface area contributed by atoms with E-state index in [1.807, 2.05) is 0 Å². The van der Waals surface area contributed by atoms with Crippen molar-refractivity contribution in [3.8, 4) is 5.88 Å². The van der Waals surface area contributed by atoms with Gasteiger partial charge in [0.1, 0.15) is 11.3 Å². The molecule has 2 aliphatic rings. The molecule has 3 rings (SSSR count). The number of morpholine rings is 1. The topological polar surface area (TPSA) is 56.7 Å². The van der Waals surface area contributed by atoms with Gasteiger partial charge < -0.3 is 19.1 Å². The largest absolute Gasteiger partial charge is 0.474 e. The highest BCUT2D eigenvalue weighted by Gasteiger charge is 2.19. The number of hydrogen-bond donors (Lipinski definition) is 0. The molecule has 20 heavy (non-hydrogen) atoms. The van der Waals surface area contributed by atoms with Gasteiger partial charge in [0.25, 0.3) is 0 Å². The molecular formula is C13H18ClN3O3. The lowest BCUT2D eigenvalue weighted by Gasteiger charge is -2.27. The van der Waals surface area contributed by atoms with Crippen molar-refractivity contribution in [2.75, 3.05) is 44.4 Å². The van der Waals surface area contributed by atoms with Gasteiger partial charge in [0, 0.05) is 32.0 Å². The normalized spacial score (nSPS) is 20.9. The van der Waals surface area contributed by atoms with Gasteiger partial charge in [-0.05, 0) is 0 Å². The third kappa shape index (κ3) is 3.50. The molecule has 1 aromatic rings. The highest BCUT2D eigenvalue weighted by molar-refractivity contribution is 6.29. The summed E-state index contributed by atoms with van der Waals surface area (Å²) in [6.07, 6.45) is 1.91. The minimum atomic E-state index is 0.146. The third-order valence-corrected chi connectivity index (χ3v) is 3.60. The van der Waals surface area contributed by atoms with Crippen molar-refractivity contribution in [2.24, 2.45) is 0 Å². The highest BCUT2D eigenvalue weighted by atomic mass is 35.5. The molecule has 2 saturated heterocycles. The van der Waals surface area contributed by atoms with Crippen molar-refractivity contribution in [3.05, 3.63) is 11.2 Å². The Morgan fingerprint density at radius 2 is 1.80 bits per heavy atom. The predicted molar refractivity (Wildman–Crippen MR) is 74.5 cm³/mol. The summed E-state index contributed by atoms with van der Waals surface area (Å²) in [5.41, 5.74) is 0. The molecule has 2 aliphatic heterocycles. The minimum absolute atomic E-state index is 0.146. The molecule has 3 heterocycles. The van der Waals surface area contributed by atoms with Crippen LogP contribution in [0.2, 0.25) is 5.15 Å². The number of anilines is 1. The maximum Gasteiger partial charge on any atom is 0.230 e. The SMILES string of the molecule is Clc1cc(OC2CCOCC2)nc(N2CCOCC2)n1. The van der Waals surface area contributed by atoms with Gasteiger partial charge in [-0.25, -0.2) is 4.98 Å². The standard InChI is InChI=1S/C13H18ClN3O3/c14-11-9-12(20-10-1-5-18-6-2-10)16-13(15-11)17-3-7-19-8-4-17/h9-10H,1-8H2. The summed E-state index contributed by atoms with van der Waals surface area (Å²) >= 11 is 6.07. The van der Waals surface area contributed by atoms with Gasteiger partial charge in [0.15, 0.2) is 0 Å². The molecule has 0 bridgehead atoms. The fourth-order valence-corrected chi connectivity index (χ4v) is 2.48. The Hall–Kier alpha value is -1.11. The van der Waals surface area contributed by atoms with E-state index in [1.165, 1.54) is 0 Å².